The number of amides is 2. The number of nitriles is 1. The maximum absolute atomic E-state index is 11.6. The molecule has 3 heterocycles. The molecular formula is C24H34N6O5. The first-order chi connectivity index (χ1) is 16.9. The normalized spacial score (nSPS) is 16.3. The summed E-state index contributed by atoms with van der Waals surface area (Å²) in [7, 11) is 0. The number of carbonyl (C=O) groups is 3. The van der Waals surface area contributed by atoms with E-state index < -0.39 is 0 Å². The highest BCUT2D eigenvalue weighted by molar-refractivity contribution is 5.83. The largest absolute Gasteiger partial charge is 0.445 e. The lowest BCUT2D eigenvalue weighted by Crippen LogP contribution is -2.40. The van der Waals surface area contributed by atoms with Gasteiger partial charge in [-0.3, -0.25) is 9.89 Å². The summed E-state index contributed by atoms with van der Waals surface area (Å²) in [5.74, 6) is 0.792. The van der Waals surface area contributed by atoms with E-state index in [1.54, 1.807) is 15.9 Å². The number of anilines is 1. The van der Waals surface area contributed by atoms with Gasteiger partial charge in [0.05, 0.1) is 12.5 Å². The van der Waals surface area contributed by atoms with E-state index >= 15 is 0 Å². The lowest BCUT2D eigenvalue weighted by Gasteiger charge is -2.30. The number of nitrogen functional groups attached to an aromatic ring is 1. The summed E-state index contributed by atoms with van der Waals surface area (Å²) in [6, 6.07) is 3.72. The van der Waals surface area contributed by atoms with Gasteiger partial charge in [0.1, 0.15) is 24.8 Å². The van der Waals surface area contributed by atoms with Gasteiger partial charge in [0.2, 0.25) is 0 Å². The number of nitrogens with one attached hydrogen (secondary N) is 1. The molecule has 2 aliphatic rings. The van der Waals surface area contributed by atoms with Crippen LogP contribution in [0.15, 0.2) is 31.4 Å². The maximum atomic E-state index is 11.6. The summed E-state index contributed by atoms with van der Waals surface area (Å²) in [4.78, 5) is 37.9. The first kappa shape index (κ1) is 27.4. The maximum Gasteiger partial charge on any atom is 0.410 e. The van der Waals surface area contributed by atoms with Crippen LogP contribution in [0.3, 0.4) is 0 Å². The van der Waals surface area contributed by atoms with E-state index in [1.807, 2.05) is 12.1 Å². The molecule has 2 amide bonds. The van der Waals surface area contributed by atoms with Crippen molar-refractivity contribution in [3.05, 3.63) is 37.1 Å². The Morgan fingerprint density at radius 2 is 1.57 bits per heavy atom. The van der Waals surface area contributed by atoms with Crippen LogP contribution in [0.2, 0.25) is 0 Å². The van der Waals surface area contributed by atoms with Crippen molar-refractivity contribution in [2.24, 2.45) is 5.92 Å². The van der Waals surface area contributed by atoms with Gasteiger partial charge in [0.15, 0.2) is 0 Å². The zero-order valence-electron chi connectivity index (χ0n) is 20.0. The van der Waals surface area contributed by atoms with Gasteiger partial charge >= 0.3 is 12.2 Å². The average molecular weight is 487 g/mol. The fourth-order valence-corrected chi connectivity index (χ4v) is 3.98. The zero-order valence-corrected chi connectivity index (χ0v) is 20.0. The van der Waals surface area contributed by atoms with E-state index in [0.29, 0.717) is 50.8 Å². The van der Waals surface area contributed by atoms with Crippen LogP contribution in [0.4, 0.5) is 15.4 Å². The van der Waals surface area contributed by atoms with Crippen molar-refractivity contribution in [1.82, 2.24) is 20.0 Å². The molecule has 11 heteroatoms. The Morgan fingerprint density at radius 1 is 1.06 bits per heavy atom. The molecule has 0 spiro atoms. The highest BCUT2D eigenvalue weighted by Gasteiger charge is 2.27. The van der Waals surface area contributed by atoms with Crippen molar-refractivity contribution in [2.45, 2.75) is 38.0 Å². The molecule has 0 atom stereocenters. The van der Waals surface area contributed by atoms with Gasteiger partial charge in [-0.05, 0) is 25.7 Å². The first-order valence-electron chi connectivity index (χ1n) is 11.6. The van der Waals surface area contributed by atoms with Crippen LogP contribution in [-0.4, -0.2) is 77.4 Å². The van der Waals surface area contributed by atoms with E-state index in [-0.39, 0.29) is 43.5 Å². The molecule has 2 fully saturated rings. The molecule has 2 saturated heterocycles. The van der Waals surface area contributed by atoms with Crippen LogP contribution >= 0.6 is 0 Å². The van der Waals surface area contributed by atoms with Crippen LogP contribution in [0.25, 0.3) is 0 Å². The number of ether oxygens (including phenoxy) is 2. The third kappa shape index (κ3) is 8.81. The van der Waals surface area contributed by atoms with Crippen molar-refractivity contribution < 1.29 is 23.9 Å². The van der Waals surface area contributed by atoms with Crippen molar-refractivity contribution in [1.29, 1.82) is 5.26 Å². The molecule has 0 bridgehead atoms. The summed E-state index contributed by atoms with van der Waals surface area (Å²) in [6.45, 7) is 9.85. The van der Waals surface area contributed by atoms with Gasteiger partial charge in [-0.1, -0.05) is 25.3 Å². The predicted molar refractivity (Wildman–Crippen MR) is 129 cm³/mol. The molecule has 190 valence electrons. The molecule has 35 heavy (non-hydrogen) atoms. The monoisotopic (exact) mass is 486 g/mol. The van der Waals surface area contributed by atoms with Crippen molar-refractivity contribution in [3.8, 4) is 6.07 Å². The summed E-state index contributed by atoms with van der Waals surface area (Å²) >= 11 is 0. The lowest BCUT2D eigenvalue weighted by atomic mass is 9.91. The number of nitrogens with two attached hydrogens (primary N) is 1. The Morgan fingerprint density at radius 3 is 2.00 bits per heavy atom. The molecule has 11 nitrogen and oxygen atoms in total. The number of hydrogen-bond acceptors (Lipinski definition) is 8. The zero-order chi connectivity index (χ0) is 25.6. The Bertz CT molecular complexity index is 908. The molecule has 0 aromatic carbocycles. The molecule has 1 aromatic rings. The van der Waals surface area contributed by atoms with Gasteiger partial charge in [-0.25, -0.2) is 9.59 Å². The van der Waals surface area contributed by atoms with E-state index in [2.05, 4.69) is 23.4 Å². The fourth-order valence-electron chi connectivity index (χ4n) is 3.98. The van der Waals surface area contributed by atoms with Gasteiger partial charge in [0.25, 0.3) is 0 Å². The number of nitrogens with zero attached hydrogens (tertiary/aromatic N) is 4. The summed E-state index contributed by atoms with van der Waals surface area (Å²) in [5, 5.41) is 15.3. The number of rotatable bonds is 7. The summed E-state index contributed by atoms with van der Waals surface area (Å²) in [5.41, 5.74) is 6.63. The number of aromatic amines is 1. The van der Waals surface area contributed by atoms with Crippen LogP contribution in [-0.2, 0) is 14.3 Å². The Balaban J connectivity index is 0.000000247. The molecular weight excluding hydrogens is 452 g/mol. The predicted octanol–water partition coefficient (Wildman–Crippen LogP) is 3.00. The van der Waals surface area contributed by atoms with Crippen LogP contribution in [0, 0.1) is 17.2 Å². The van der Waals surface area contributed by atoms with Gasteiger partial charge in [-0.15, -0.1) is 0 Å². The number of H-pyrrole nitrogens is 1. The molecule has 0 saturated carbocycles. The van der Waals surface area contributed by atoms with Crippen molar-refractivity contribution >= 4 is 23.8 Å². The van der Waals surface area contributed by atoms with Crippen LogP contribution < -0.4 is 5.73 Å². The smallest absolute Gasteiger partial charge is 0.410 e. The molecule has 3 N–H and O–H groups in total. The number of hydrogen-bond donors (Lipinski definition) is 2. The quantitative estimate of drug-likeness (QED) is 0.557. The van der Waals surface area contributed by atoms with Gasteiger partial charge in [-0.2, -0.15) is 10.4 Å². The standard InChI is InChI=1S/C12H18N4O2.C12H16N2O3/c1-2-7-18-12(17)16-5-3-9(4-6-16)10-8-11(13)15-14-10;1-2-9-17-12(16)14-7-4-10(5-8-14)11(15)3-6-13/h2,8-9H,1,3-7H2,(H3,13,14,15);2,10H,1,3-5,7-9H2. The highest BCUT2D eigenvalue weighted by Crippen LogP contribution is 2.27. The van der Waals surface area contributed by atoms with E-state index in [1.165, 1.54) is 6.08 Å². The average Bonchev–Trinajstić information content (AvgIpc) is 3.32. The van der Waals surface area contributed by atoms with Gasteiger partial charge in [0, 0.05) is 49.8 Å². The van der Waals surface area contributed by atoms with E-state index in [4.69, 9.17) is 20.5 Å². The number of ketones is 1. The van der Waals surface area contributed by atoms with E-state index in [9.17, 15) is 14.4 Å². The Hall–Kier alpha value is -3.81. The topological polar surface area (TPSA) is 155 Å². The molecule has 0 radical (unpaired) electrons. The van der Waals surface area contributed by atoms with Crippen LogP contribution in [0.1, 0.15) is 43.7 Å². The number of aromatic nitrogens is 2. The third-order valence-corrected chi connectivity index (χ3v) is 5.92. The number of Topliss-reactive ketones (excluding diaryl/α,β-unsaturated/α-hetero) is 1. The third-order valence-electron chi connectivity index (χ3n) is 5.92. The molecule has 1 aromatic heterocycles. The SMILES string of the molecule is C=CCOC(=O)N1CCC(C(=O)CC#N)CC1.C=CCOC(=O)N1CCC(c2cc(N)n[nH]2)CC1. The molecule has 0 unspecified atom stereocenters. The summed E-state index contributed by atoms with van der Waals surface area (Å²) < 4.78 is 9.91. The Labute approximate surface area is 205 Å². The lowest BCUT2D eigenvalue weighted by molar-refractivity contribution is -0.123. The van der Waals surface area contributed by atoms with Crippen molar-refractivity contribution in [3.63, 3.8) is 0 Å². The number of carbonyl (C=O) groups excluding carboxylic acids is 3. The second kappa shape index (κ2) is 14.5. The van der Waals surface area contributed by atoms with Crippen molar-refractivity contribution in [2.75, 3.05) is 45.1 Å². The Kier molecular flexibility index (Phi) is 11.3. The minimum atomic E-state index is -0.365. The minimum Gasteiger partial charge on any atom is -0.445 e. The minimum absolute atomic E-state index is 0.0217. The number of likely N-dealkylation sites (tertiary alicyclic amines) is 2. The second-order valence-electron chi connectivity index (χ2n) is 8.30. The highest BCUT2D eigenvalue weighted by atomic mass is 16.6. The second-order valence-corrected chi connectivity index (χ2v) is 8.30. The van der Waals surface area contributed by atoms with Crippen LogP contribution in [0.5, 0.6) is 0 Å². The first-order valence-corrected chi connectivity index (χ1v) is 11.6. The number of piperidine rings is 2. The molecule has 0 aliphatic carbocycles. The van der Waals surface area contributed by atoms with Gasteiger partial charge < -0.3 is 25.0 Å². The molecule has 3 rings (SSSR count). The van der Waals surface area contributed by atoms with E-state index in [0.717, 1.165) is 18.5 Å². The fraction of sp³-hybridized carbons (Fsp3) is 0.542. The molecule has 2 aliphatic heterocycles. The summed E-state index contributed by atoms with van der Waals surface area (Å²) in [6.07, 6.45) is 5.43.